The third-order valence-corrected chi connectivity index (χ3v) is 6.05. The van der Waals surface area contributed by atoms with Gasteiger partial charge in [-0.05, 0) is 12.1 Å². The van der Waals surface area contributed by atoms with E-state index in [1.54, 1.807) is 4.90 Å². The fourth-order valence-corrected chi connectivity index (χ4v) is 4.34. The van der Waals surface area contributed by atoms with Gasteiger partial charge in [-0.1, -0.05) is 24.6 Å². The molecule has 2 aromatic rings. The van der Waals surface area contributed by atoms with Gasteiger partial charge < -0.3 is 10.6 Å². The lowest BCUT2D eigenvalue weighted by Gasteiger charge is -2.49. The van der Waals surface area contributed by atoms with Gasteiger partial charge in [-0.25, -0.2) is 22.2 Å². The van der Waals surface area contributed by atoms with Crippen LogP contribution in [0, 0.1) is 23.0 Å². The van der Waals surface area contributed by atoms with E-state index in [9.17, 15) is 21.6 Å². The minimum absolute atomic E-state index is 0.0421. The van der Waals surface area contributed by atoms with E-state index < -0.39 is 43.3 Å². The van der Waals surface area contributed by atoms with Crippen molar-refractivity contribution in [3.05, 3.63) is 46.9 Å². The van der Waals surface area contributed by atoms with Crippen LogP contribution in [0.4, 0.5) is 24.7 Å². The number of benzene rings is 1. The summed E-state index contributed by atoms with van der Waals surface area (Å²) in [6.07, 6.45) is 0. The molecule has 1 aliphatic rings. The van der Waals surface area contributed by atoms with Crippen LogP contribution in [0.2, 0.25) is 5.02 Å². The van der Waals surface area contributed by atoms with Crippen molar-refractivity contribution in [1.29, 1.82) is 0 Å². The van der Waals surface area contributed by atoms with E-state index in [0.29, 0.717) is 19.6 Å². The molecule has 146 valence electrons. The summed E-state index contributed by atoms with van der Waals surface area (Å²) in [7, 11) is -4.72. The van der Waals surface area contributed by atoms with E-state index in [0.717, 1.165) is 18.2 Å². The summed E-state index contributed by atoms with van der Waals surface area (Å²) < 4.78 is 68.9. The van der Waals surface area contributed by atoms with Crippen LogP contribution in [0.3, 0.4) is 0 Å². The average molecular weight is 421 g/mol. The first-order chi connectivity index (χ1) is 12.6. The average Bonchev–Trinajstić information content (AvgIpc) is 2.54. The van der Waals surface area contributed by atoms with Crippen LogP contribution in [0.1, 0.15) is 6.92 Å². The van der Waals surface area contributed by atoms with Gasteiger partial charge in [0.05, 0.1) is 5.69 Å². The number of nitrogens with zero attached hydrogens (tertiary/aromatic N) is 2. The number of nitrogens with two attached hydrogens (primary N) is 1. The van der Waals surface area contributed by atoms with Gasteiger partial charge in [-0.3, -0.25) is 4.72 Å². The molecule has 1 aliphatic heterocycles. The Morgan fingerprint density at radius 1 is 1.33 bits per heavy atom. The maximum absolute atomic E-state index is 14.7. The van der Waals surface area contributed by atoms with Gasteiger partial charge in [0.25, 0.3) is 10.0 Å². The van der Waals surface area contributed by atoms with Crippen molar-refractivity contribution in [3.63, 3.8) is 0 Å². The molecule has 0 unspecified atom stereocenters. The molecule has 1 fully saturated rings. The van der Waals surface area contributed by atoms with Crippen molar-refractivity contribution in [2.45, 2.75) is 11.8 Å². The fourth-order valence-electron chi connectivity index (χ4n) is 2.87. The summed E-state index contributed by atoms with van der Waals surface area (Å²) >= 11 is 5.97. The lowest BCUT2D eigenvalue weighted by molar-refractivity contribution is 0.254. The van der Waals surface area contributed by atoms with Crippen molar-refractivity contribution in [1.82, 2.24) is 4.98 Å². The number of hydrogen-bond acceptors (Lipinski definition) is 5. The second-order valence-electron chi connectivity index (χ2n) is 6.66. The quantitative estimate of drug-likeness (QED) is 0.573. The highest BCUT2D eigenvalue weighted by atomic mass is 35.5. The molecule has 2 heterocycles. The van der Waals surface area contributed by atoms with Crippen molar-refractivity contribution in [3.8, 4) is 0 Å². The Bertz CT molecular complexity index is 997. The number of rotatable bonds is 5. The first-order valence-corrected chi connectivity index (χ1v) is 9.70. The Hall–Kier alpha value is -2.04. The van der Waals surface area contributed by atoms with Gasteiger partial charge in [0.15, 0.2) is 10.7 Å². The molecule has 0 spiro atoms. The molecule has 3 N–H and O–H groups in total. The van der Waals surface area contributed by atoms with Gasteiger partial charge in [-0.2, -0.15) is 4.39 Å². The molecule has 1 aromatic heterocycles. The van der Waals surface area contributed by atoms with Crippen molar-refractivity contribution >= 4 is 33.1 Å². The molecular formula is C16H16ClF3N4O2S. The molecule has 1 saturated heterocycles. The largest absolute Gasteiger partial charge is 0.369 e. The van der Waals surface area contributed by atoms with Gasteiger partial charge in [0.1, 0.15) is 16.7 Å². The monoisotopic (exact) mass is 420 g/mol. The first-order valence-electron chi connectivity index (χ1n) is 7.84. The third-order valence-electron chi connectivity index (χ3n) is 4.30. The number of hydrogen-bond donors (Lipinski definition) is 2. The van der Waals surface area contributed by atoms with Crippen molar-refractivity contribution in [2.24, 2.45) is 11.1 Å². The minimum atomic E-state index is -4.72. The number of anilines is 2. The zero-order chi connectivity index (χ0) is 20.0. The SMILES string of the molecule is CC1(CN)CN(c2cc(F)c(S(=O)(=O)Nc3cccc(F)n3)c(F)c2Cl)C1. The Morgan fingerprint density at radius 2 is 2.00 bits per heavy atom. The predicted octanol–water partition coefficient (Wildman–Crippen LogP) is 2.74. The Labute approximate surface area is 159 Å². The summed E-state index contributed by atoms with van der Waals surface area (Å²) in [5.41, 5.74) is 5.48. The molecule has 11 heteroatoms. The molecule has 0 aliphatic carbocycles. The maximum atomic E-state index is 14.7. The molecule has 1 aromatic carbocycles. The highest BCUT2D eigenvalue weighted by molar-refractivity contribution is 7.92. The topological polar surface area (TPSA) is 88.3 Å². The molecule has 6 nitrogen and oxygen atoms in total. The molecule has 0 saturated carbocycles. The maximum Gasteiger partial charge on any atom is 0.268 e. The smallest absolute Gasteiger partial charge is 0.268 e. The lowest BCUT2D eigenvalue weighted by atomic mass is 9.82. The summed E-state index contributed by atoms with van der Waals surface area (Å²) in [5.74, 6) is -4.13. The van der Waals surface area contributed by atoms with Gasteiger partial charge >= 0.3 is 0 Å². The van der Waals surface area contributed by atoms with Crippen LogP contribution in [0.25, 0.3) is 0 Å². The van der Waals surface area contributed by atoms with Crippen molar-refractivity contribution in [2.75, 3.05) is 29.3 Å². The zero-order valence-electron chi connectivity index (χ0n) is 14.1. The molecule has 0 atom stereocenters. The van der Waals surface area contributed by atoms with E-state index in [-0.39, 0.29) is 11.1 Å². The van der Waals surface area contributed by atoms with E-state index in [1.165, 1.54) is 6.07 Å². The number of nitrogens with one attached hydrogen (secondary N) is 1. The number of pyridine rings is 1. The van der Waals surface area contributed by atoms with E-state index >= 15 is 0 Å². The first kappa shape index (κ1) is 19.7. The van der Waals surface area contributed by atoms with Crippen LogP contribution in [0.15, 0.2) is 29.2 Å². The molecule has 0 amide bonds. The second-order valence-corrected chi connectivity index (χ2v) is 8.65. The zero-order valence-corrected chi connectivity index (χ0v) is 15.7. The molecule has 0 bridgehead atoms. The van der Waals surface area contributed by atoms with E-state index in [2.05, 4.69) is 4.98 Å². The Kier molecular flexibility index (Phi) is 5.00. The fraction of sp³-hybridized carbons (Fsp3) is 0.312. The van der Waals surface area contributed by atoms with Crippen LogP contribution < -0.4 is 15.4 Å². The highest BCUT2D eigenvalue weighted by Crippen LogP contribution is 2.40. The third kappa shape index (κ3) is 3.69. The molecule has 0 radical (unpaired) electrons. The number of aromatic nitrogens is 1. The van der Waals surface area contributed by atoms with Crippen molar-refractivity contribution < 1.29 is 21.6 Å². The number of sulfonamides is 1. The number of halogens is 4. The highest BCUT2D eigenvalue weighted by Gasteiger charge is 2.40. The predicted molar refractivity (Wildman–Crippen MR) is 95.7 cm³/mol. The van der Waals surface area contributed by atoms with Crippen LogP contribution in [-0.4, -0.2) is 33.0 Å². The normalized spacial score (nSPS) is 16.1. The van der Waals surface area contributed by atoms with Crippen LogP contribution >= 0.6 is 11.6 Å². The van der Waals surface area contributed by atoms with E-state index in [1.807, 2.05) is 11.6 Å². The summed E-state index contributed by atoms with van der Waals surface area (Å²) in [4.78, 5) is 3.65. The minimum Gasteiger partial charge on any atom is -0.369 e. The summed E-state index contributed by atoms with van der Waals surface area (Å²) in [6, 6.07) is 4.18. The standard InChI is InChI=1S/C16H16ClF3N4O2S/c1-16(6-21)7-24(8-16)10-5-9(18)15(14(20)13(10)17)27(25,26)23-12-4-2-3-11(19)22-12/h2-5H,6-8,21H2,1H3,(H,22,23). The van der Waals surface area contributed by atoms with Gasteiger partial charge in [0.2, 0.25) is 5.95 Å². The van der Waals surface area contributed by atoms with Crippen LogP contribution in [-0.2, 0) is 10.0 Å². The van der Waals surface area contributed by atoms with E-state index in [4.69, 9.17) is 17.3 Å². The Morgan fingerprint density at radius 3 is 2.59 bits per heavy atom. The lowest BCUT2D eigenvalue weighted by Crippen LogP contribution is -2.58. The van der Waals surface area contributed by atoms with Gasteiger partial charge in [-0.15, -0.1) is 0 Å². The molecular weight excluding hydrogens is 405 g/mol. The van der Waals surface area contributed by atoms with Gasteiger partial charge in [0, 0.05) is 31.1 Å². The Balaban J connectivity index is 1.96. The summed E-state index contributed by atoms with van der Waals surface area (Å²) in [5, 5.41) is -0.525. The van der Waals surface area contributed by atoms with Crippen LogP contribution in [0.5, 0.6) is 0 Å². The molecule has 3 rings (SSSR count). The summed E-state index contributed by atoms with van der Waals surface area (Å²) in [6.45, 7) is 3.17. The molecule has 27 heavy (non-hydrogen) atoms. The second kappa shape index (κ2) is 6.84.